The lowest BCUT2D eigenvalue weighted by Gasteiger charge is -2.25. The van der Waals surface area contributed by atoms with Gasteiger partial charge in [-0.1, -0.05) is 31.9 Å². The Labute approximate surface area is 194 Å². The molecule has 0 aromatic heterocycles. The highest BCUT2D eigenvalue weighted by atomic mass is 16.5. The van der Waals surface area contributed by atoms with Crippen molar-refractivity contribution in [2.45, 2.75) is 39.2 Å². The number of hydrogen-bond acceptors (Lipinski definition) is 6. The van der Waals surface area contributed by atoms with Crippen LogP contribution in [0.3, 0.4) is 0 Å². The lowest BCUT2D eigenvalue weighted by atomic mass is 9.95. The van der Waals surface area contributed by atoms with Crippen LogP contribution in [0.15, 0.2) is 48.0 Å². The number of methoxy groups -OCH3 is 2. The summed E-state index contributed by atoms with van der Waals surface area (Å²) in [6, 6.07) is 11.5. The summed E-state index contributed by atoms with van der Waals surface area (Å²) in [5.41, 5.74) is 1.17. The lowest BCUT2D eigenvalue weighted by Crippen LogP contribution is -2.30. The van der Waals surface area contributed by atoms with Gasteiger partial charge in [0.1, 0.15) is 11.5 Å². The second-order valence-electron chi connectivity index (χ2n) is 7.77. The normalized spacial score (nSPS) is 17.3. The maximum absolute atomic E-state index is 13.1. The van der Waals surface area contributed by atoms with Gasteiger partial charge >= 0.3 is 0 Å². The number of benzene rings is 2. The van der Waals surface area contributed by atoms with Crippen molar-refractivity contribution < 1.29 is 28.9 Å². The molecule has 1 amide bonds. The SMILES string of the molecule is CCCCCN1C(=O)C(=O)/C(=C(\O)c2ccc(OC)c(OC)c2)C1c1ccc(OCC)cc1. The molecule has 0 aliphatic carbocycles. The first kappa shape index (κ1) is 24.2. The van der Waals surface area contributed by atoms with Crippen LogP contribution in [0.25, 0.3) is 5.76 Å². The summed E-state index contributed by atoms with van der Waals surface area (Å²) in [5.74, 6) is 0.0633. The van der Waals surface area contributed by atoms with Crippen molar-refractivity contribution in [1.29, 1.82) is 0 Å². The minimum atomic E-state index is -0.697. The van der Waals surface area contributed by atoms with Crippen LogP contribution >= 0.6 is 0 Å². The molecule has 7 nitrogen and oxygen atoms in total. The van der Waals surface area contributed by atoms with Gasteiger partial charge in [-0.2, -0.15) is 0 Å². The van der Waals surface area contributed by atoms with E-state index >= 15 is 0 Å². The molecule has 1 saturated heterocycles. The van der Waals surface area contributed by atoms with E-state index in [1.807, 2.05) is 19.1 Å². The predicted octanol–water partition coefficient (Wildman–Crippen LogP) is 4.71. The largest absolute Gasteiger partial charge is 0.507 e. The Morgan fingerprint density at radius 3 is 2.27 bits per heavy atom. The molecule has 0 spiro atoms. The summed E-state index contributed by atoms with van der Waals surface area (Å²) in [5, 5.41) is 11.2. The predicted molar refractivity (Wildman–Crippen MR) is 126 cm³/mol. The quantitative estimate of drug-likeness (QED) is 0.243. The molecule has 2 aromatic rings. The minimum Gasteiger partial charge on any atom is -0.507 e. The molecule has 1 aliphatic rings. The highest BCUT2D eigenvalue weighted by Crippen LogP contribution is 2.41. The maximum atomic E-state index is 13.1. The van der Waals surface area contributed by atoms with E-state index in [0.29, 0.717) is 36.0 Å². The molecule has 7 heteroatoms. The minimum absolute atomic E-state index is 0.0629. The molecule has 0 radical (unpaired) electrons. The number of nitrogens with zero attached hydrogens (tertiary/aromatic N) is 1. The molecular weight excluding hydrogens is 422 g/mol. The van der Waals surface area contributed by atoms with Gasteiger partial charge in [-0.05, 0) is 49.2 Å². The van der Waals surface area contributed by atoms with Crippen LogP contribution in [0.1, 0.15) is 50.3 Å². The topological polar surface area (TPSA) is 85.3 Å². The van der Waals surface area contributed by atoms with Gasteiger partial charge in [0.2, 0.25) is 0 Å². The Bertz CT molecular complexity index is 1030. The van der Waals surface area contributed by atoms with Crippen molar-refractivity contribution in [1.82, 2.24) is 4.90 Å². The fourth-order valence-electron chi connectivity index (χ4n) is 4.04. The van der Waals surface area contributed by atoms with Crippen molar-refractivity contribution in [2.24, 2.45) is 0 Å². The number of rotatable bonds is 10. The summed E-state index contributed by atoms with van der Waals surface area (Å²) in [7, 11) is 3.01. The van der Waals surface area contributed by atoms with Gasteiger partial charge in [0.25, 0.3) is 11.7 Å². The van der Waals surface area contributed by atoms with Crippen LogP contribution in [0.5, 0.6) is 17.2 Å². The summed E-state index contributed by atoms with van der Waals surface area (Å²) in [6.45, 7) is 4.95. The van der Waals surface area contributed by atoms with Crippen LogP contribution in [0.2, 0.25) is 0 Å². The number of carbonyl (C=O) groups is 2. The van der Waals surface area contributed by atoms with Crippen molar-refractivity contribution in [2.75, 3.05) is 27.4 Å². The van der Waals surface area contributed by atoms with Gasteiger partial charge in [-0.3, -0.25) is 9.59 Å². The molecule has 1 aliphatic heterocycles. The molecule has 1 atom stereocenters. The molecule has 1 heterocycles. The van der Waals surface area contributed by atoms with Gasteiger partial charge in [0.05, 0.1) is 32.4 Å². The highest BCUT2D eigenvalue weighted by molar-refractivity contribution is 6.46. The zero-order valence-electron chi connectivity index (χ0n) is 19.6. The van der Waals surface area contributed by atoms with Crippen LogP contribution < -0.4 is 14.2 Å². The van der Waals surface area contributed by atoms with Crippen molar-refractivity contribution in [3.05, 3.63) is 59.2 Å². The number of amides is 1. The monoisotopic (exact) mass is 453 g/mol. The van der Waals surface area contributed by atoms with Gasteiger partial charge in [-0.25, -0.2) is 0 Å². The average Bonchev–Trinajstić information content (AvgIpc) is 3.09. The first-order valence-electron chi connectivity index (χ1n) is 11.2. The fraction of sp³-hybridized carbons (Fsp3) is 0.385. The second-order valence-corrected chi connectivity index (χ2v) is 7.77. The Morgan fingerprint density at radius 2 is 1.67 bits per heavy atom. The zero-order valence-corrected chi connectivity index (χ0v) is 19.6. The van der Waals surface area contributed by atoms with E-state index in [4.69, 9.17) is 14.2 Å². The number of aliphatic hydroxyl groups is 1. The first-order chi connectivity index (χ1) is 16.0. The number of carbonyl (C=O) groups excluding carboxylic acids is 2. The van der Waals surface area contributed by atoms with E-state index in [9.17, 15) is 14.7 Å². The second kappa shape index (κ2) is 10.9. The van der Waals surface area contributed by atoms with E-state index in [2.05, 4.69) is 6.92 Å². The zero-order chi connectivity index (χ0) is 24.0. The third-order valence-corrected chi connectivity index (χ3v) is 5.71. The first-order valence-corrected chi connectivity index (χ1v) is 11.2. The van der Waals surface area contributed by atoms with E-state index in [1.165, 1.54) is 14.2 Å². The molecule has 1 unspecified atom stereocenters. The van der Waals surface area contributed by atoms with Crippen molar-refractivity contribution in [3.63, 3.8) is 0 Å². The van der Waals surface area contributed by atoms with Gasteiger partial charge < -0.3 is 24.2 Å². The summed E-state index contributed by atoms with van der Waals surface area (Å²) in [6.07, 6.45) is 2.70. The average molecular weight is 454 g/mol. The standard InChI is InChI=1S/C26H31NO6/c1-5-7-8-15-27-23(17-9-12-19(13-10-17)33-6-2)22(25(29)26(27)30)24(28)18-11-14-20(31-3)21(16-18)32-4/h9-14,16,23,28H,5-8,15H2,1-4H3/b24-22-. The Morgan fingerprint density at radius 1 is 0.970 bits per heavy atom. The van der Waals surface area contributed by atoms with Crippen molar-refractivity contribution in [3.8, 4) is 17.2 Å². The van der Waals surface area contributed by atoms with Gasteiger partial charge in [0, 0.05) is 12.1 Å². The molecule has 1 fully saturated rings. The molecule has 33 heavy (non-hydrogen) atoms. The third-order valence-electron chi connectivity index (χ3n) is 5.71. The van der Waals surface area contributed by atoms with Gasteiger partial charge in [0.15, 0.2) is 11.5 Å². The smallest absolute Gasteiger partial charge is 0.295 e. The molecule has 2 aromatic carbocycles. The summed E-state index contributed by atoms with van der Waals surface area (Å²) >= 11 is 0. The van der Waals surface area contributed by atoms with Crippen LogP contribution in [-0.2, 0) is 9.59 Å². The number of ether oxygens (including phenoxy) is 3. The highest BCUT2D eigenvalue weighted by Gasteiger charge is 2.45. The van der Waals surface area contributed by atoms with Crippen LogP contribution in [0, 0.1) is 0 Å². The maximum Gasteiger partial charge on any atom is 0.295 e. The fourth-order valence-corrected chi connectivity index (χ4v) is 4.04. The number of aliphatic hydroxyl groups excluding tert-OH is 1. The number of unbranched alkanes of at least 4 members (excludes halogenated alkanes) is 2. The number of hydrogen-bond donors (Lipinski definition) is 1. The molecular formula is C26H31NO6. The molecule has 3 rings (SSSR count). The molecule has 1 N–H and O–H groups in total. The van der Waals surface area contributed by atoms with Crippen molar-refractivity contribution >= 4 is 17.4 Å². The number of ketones is 1. The van der Waals surface area contributed by atoms with Gasteiger partial charge in [-0.15, -0.1) is 0 Å². The van der Waals surface area contributed by atoms with E-state index in [1.54, 1.807) is 35.2 Å². The summed E-state index contributed by atoms with van der Waals surface area (Å²) < 4.78 is 16.1. The van der Waals surface area contributed by atoms with E-state index < -0.39 is 17.7 Å². The Balaban J connectivity index is 2.11. The molecule has 0 bridgehead atoms. The number of Topliss-reactive ketones (excluding diaryl/α,β-unsaturated/α-hetero) is 1. The third kappa shape index (κ3) is 4.97. The van der Waals surface area contributed by atoms with E-state index in [-0.39, 0.29) is 11.3 Å². The van der Waals surface area contributed by atoms with Crippen LogP contribution in [0.4, 0.5) is 0 Å². The summed E-state index contributed by atoms with van der Waals surface area (Å²) in [4.78, 5) is 27.6. The number of likely N-dealkylation sites (tertiary alicyclic amines) is 1. The van der Waals surface area contributed by atoms with E-state index in [0.717, 1.165) is 24.8 Å². The van der Waals surface area contributed by atoms with Crippen LogP contribution in [-0.4, -0.2) is 49.1 Å². The molecule has 176 valence electrons. The Hall–Kier alpha value is -3.48. The Kier molecular flexibility index (Phi) is 7.98. The lowest BCUT2D eigenvalue weighted by molar-refractivity contribution is -0.139. The molecule has 0 saturated carbocycles.